The zero-order chi connectivity index (χ0) is 29.7. The van der Waals surface area contributed by atoms with Crippen LogP contribution in [0.5, 0.6) is 11.5 Å². The maximum atomic E-state index is 15.0. The first kappa shape index (κ1) is 28.9. The molecule has 4 aromatic rings. The molecule has 0 atom stereocenters. The highest BCUT2D eigenvalue weighted by molar-refractivity contribution is 6.08. The van der Waals surface area contributed by atoms with Crippen LogP contribution < -0.4 is 20.9 Å². The highest BCUT2D eigenvalue weighted by Crippen LogP contribution is 2.32. The highest BCUT2D eigenvalue weighted by Gasteiger charge is 2.21. The van der Waals surface area contributed by atoms with Crippen LogP contribution in [0.4, 0.5) is 25.1 Å². The Kier molecular flexibility index (Phi) is 8.43. The van der Waals surface area contributed by atoms with Crippen molar-refractivity contribution in [2.45, 2.75) is 33.0 Å². The third-order valence-corrected chi connectivity index (χ3v) is 5.54. The molecule has 2 amide bonds. The zero-order valence-corrected chi connectivity index (χ0v) is 22.2. The smallest absolute Gasteiger partial charge is 0.413 e. The average Bonchev–Trinajstić information content (AvgIpc) is 2.89. The van der Waals surface area contributed by atoms with Crippen molar-refractivity contribution in [2.75, 3.05) is 10.6 Å². The van der Waals surface area contributed by atoms with Crippen LogP contribution in [-0.2, 0) is 11.3 Å². The number of hydrogen-bond acceptors (Lipinski definition) is 7. The molecule has 0 bridgehead atoms. The van der Waals surface area contributed by atoms with E-state index in [1.807, 2.05) is 0 Å². The van der Waals surface area contributed by atoms with Crippen LogP contribution in [0.3, 0.4) is 0 Å². The molecule has 0 fully saturated rings. The van der Waals surface area contributed by atoms with Gasteiger partial charge in [-0.25, -0.2) is 18.6 Å². The van der Waals surface area contributed by atoms with Crippen molar-refractivity contribution < 1.29 is 33.0 Å². The van der Waals surface area contributed by atoms with E-state index in [2.05, 4.69) is 20.6 Å². The number of benzene rings is 2. The Morgan fingerprint density at radius 1 is 1.00 bits per heavy atom. The van der Waals surface area contributed by atoms with Gasteiger partial charge in [-0.05, 0) is 62.7 Å². The molecule has 0 spiro atoms. The van der Waals surface area contributed by atoms with Gasteiger partial charge in [0, 0.05) is 29.7 Å². The molecule has 0 saturated carbocycles. The number of H-pyrrole nitrogens is 1. The molecule has 2 aromatic carbocycles. The van der Waals surface area contributed by atoms with E-state index in [1.165, 1.54) is 60.9 Å². The molecule has 0 aliphatic heterocycles. The fraction of sp³-hybridized carbons (Fsp3) is 0.172. The predicted octanol–water partition coefficient (Wildman–Crippen LogP) is 5.60. The van der Waals surface area contributed by atoms with Gasteiger partial charge in [0.2, 0.25) is 0 Å². The molecule has 0 aliphatic carbocycles. The second-order valence-corrected chi connectivity index (χ2v) is 9.73. The van der Waals surface area contributed by atoms with E-state index < -0.39 is 41.4 Å². The number of ether oxygens (including phenoxy) is 2. The van der Waals surface area contributed by atoms with Crippen molar-refractivity contribution in [1.82, 2.24) is 9.97 Å². The maximum Gasteiger partial charge on any atom is 0.413 e. The van der Waals surface area contributed by atoms with E-state index in [9.17, 15) is 23.9 Å². The number of aliphatic hydroxyl groups is 1. The van der Waals surface area contributed by atoms with Crippen molar-refractivity contribution in [1.29, 1.82) is 0 Å². The van der Waals surface area contributed by atoms with Gasteiger partial charge in [0.1, 0.15) is 28.5 Å². The largest absolute Gasteiger partial charge is 0.454 e. The molecule has 0 saturated heterocycles. The Morgan fingerprint density at radius 2 is 1.73 bits per heavy atom. The average molecular weight is 565 g/mol. The molecule has 4 N–H and O–H groups in total. The van der Waals surface area contributed by atoms with Gasteiger partial charge >= 0.3 is 6.09 Å². The predicted molar refractivity (Wildman–Crippen MR) is 147 cm³/mol. The lowest BCUT2D eigenvalue weighted by molar-refractivity contribution is 0.0634. The van der Waals surface area contributed by atoms with Crippen molar-refractivity contribution >= 4 is 23.5 Å². The van der Waals surface area contributed by atoms with Gasteiger partial charge in [-0.1, -0.05) is 12.1 Å². The molecule has 2 aromatic heterocycles. The third-order valence-electron chi connectivity index (χ3n) is 5.54. The summed E-state index contributed by atoms with van der Waals surface area (Å²) in [5.74, 6) is -2.43. The quantitative estimate of drug-likeness (QED) is 0.229. The van der Waals surface area contributed by atoms with Gasteiger partial charge in [0.05, 0.1) is 12.2 Å². The monoisotopic (exact) mass is 564 g/mol. The van der Waals surface area contributed by atoms with Crippen LogP contribution >= 0.6 is 0 Å². The molecule has 4 rings (SSSR count). The van der Waals surface area contributed by atoms with Gasteiger partial charge in [0.15, 0.2) is 11.6 Å². The molecule has 2 heterocycles. The third kappa shape index (κ3) is 7.11. The lowest BCUT2D eigenvalue weighted by Crippen LogP contribution is -2.27. The first-order valence-electron chi connectivity index (χ1n) is 12.3. The van der Waals surface area contributed by atoms with Crippen LogP contribution in [0.1, 0.15) is 36.7 Å². The van der Waals surface area contributed by atoms with E-state index in [0.29, 0.717) is 5.56 Å². The highest BCUT2D eigenvalue weighted by atomic mass is 19.1. The summed E-state index contributed by atoms with van der Waals surface area (Å²) in [6.07, 6.45) is 1.85. The number of rotatable bonds is 7. The van der Waals surface area contributed by atoms with Gasteiger partial charge in [-0.15, -0.1) is 0 Å². The van der Waals surface area contributed by atoms with Gasteiger partial charge < -0.3 is 24.9 Å². The minimum Gasteiger partial charge on any atom is -0.454 e. The number of nitrogens with one attached hydrogen (secondary N) is 3. The first-order valence-corrected chi connectivity index (χ1v) is 12.3. The van der Waals surface area contributed by atoms with Crippen LogP contribution in [0, 0.1) is 11.6 Å². The molecule has 41 heavy (non-hydrogen) atoms. The molecule has 12 heteroatoms. The fourth-order valence-corrected chi connectivity index (χ4v) is 3.78. The number of hydrogen-bond donors (Lipinski definition) is 4. The number of aromatic amines is 1. The van der Waals surface area contributed by atoms with E-state index in [1.54, 1.807) is 20.8 Å². The summed E-state index contributed by atoms with van der Waals surface area (Å²) in [4.78, 5) is 44.2. The van der Waals surface area contributed by atoms with Gasteiger partial charge in [-0.2, -0.15) is 0 Å². The number of carbonyl (C=O) groups excluding carboxylic acids is 2. The molecule has 212 valence electrons. The Bertz CT molecular complexity index is 1650. The van der Waals surface area contributed by atoms with Gasteiger partial charge in [0.25, 0.3) is 11.5 Å². The van der Waals surface area contributed by atoms with E-state index in [-0.39, 0.29) is 39.7 Å². The van der Waals surface area contributed by atoms with Crippen molar-refractivity contribution in [3.05, 3.63) is 100 Å². The van der Waals surface area contributed by atoms with Crippen LogP contribution in [0.2, 0.25) is 0 Å². The second kappa shape index (κ2) is 12.0. The number of aromatic nitrogens is 2. The standard InChI is InChI=1S/C29H26F2N4O6/c1-29(2,3)41-28(39)35-25-20(15-36)22(11-13-32-25)40-23-9-8-18(14-21(23)31)34-27(38)24-19(10-12-33-26(24)37)16-4-6-17(30)7-5-16/h4-14,36H,15H2,1-3H3,(H,33,37)(H,34,38)(H,32,35,39). The SMILES string of the molecule is CC(C)(C)OC(=O)Nc1nccc(Oc2ccc(NC(=O)c3c(-c4ccc(F)cc4)cc[nH]c3=O)cc2F)c1CO. The van der Waals surface area contributed by atoms with Crippen molar-refractivity contribution in [3.63, 3.8) is 0 Å². The lowest BCUT2D eigenvalue weighted by atomic mass is 10.0. The number of anilines is 2. The second-order valence-electron chi connectivity index (χ2n) is 9.73. The summed E-state index contributed by atoms with van der Waals surface area (Å²) in [6.45, 7) is 4.46. The summed E-state index contributed by atoms with van der Waals surface area (Å²) >= 11 is 0. The first-order chi connectivity index (χ1) is 19.4. The number of amides is 2. The van der Waals surface area contributed by atoms with Crippen LogP contribution in [0.25, 0.3) is 11.1 Å². The number of pyridine rings is 2. The number of aliphatic hydroxyl groups excluding tert-OH is 1. The summed E-state index contributed by atoms with van der Waals surface area (Å²) in [5, 5.41) is 14.8. The van der Waals surface area contributed by atoms with Crippen LogP contribution in [0.15, 0.2) is 71.8 Å². The normalized spacial score (nSPS) is 11.1. The zero-order valence-electron chi connectivity index (χ0n) is 22.2. The molecule has 0 unspecified atom stereocenters. The summed E-state index contributed by atoms with van der Waals surface area (Å²) in [5.41, 5.74) is -0.894. The Hall–Kier alpha value is -5.10. The van der Waals surface area contributed by atoms with Crippen molar-refractivity contribution in [2.24, 2.45) is 0 Å². The number of halogens is 2. The number of nitrogens with zero attached hydrogens (tertiary/aromatic N) is 1. The van der Waals surface area contributed by atoms with Crippen molar-refractivity contribution in [3.8, 4) is 22.6 Å². The summed E-state index contributed by atoms with van der Waals surface area (Å²) in [7, 11) is 0. The summed E-state index contributed by atoms with van der Waals surface area (Å²) in [6, 6.07) is 11.7. The Balaban J connectivity index is 1.54. The van der Waals surface area contributed by atoms with E-state index >= 15 is 4.39 Å². The lowest BCUT2D eigenvalue weighted by Gasteiger charge is -2.20. The maximum absolute atomic E-state index is 15.0. The van der Waals surface area contributed by atoms with E-state index in [0.717, 1.165) is 6.07 Å². The number of carbonyl (C=O) groups is 2. The Labute approximate surface area is 233 Å². The van der Waals surface area contributed by atoms with E-state index in [4.69, 9.17) is 9.47 Å². The Morgan fingerprint density at radius 3 is 2.39 bits per heavy atom. The molecule has 10 nitrogen and oxygen atoms in total. The summed E-state index contributed by atoms with van der Waals surface area (Å²) < 4.78 is 39.2. The fourth-order valence-electron chi connectivity index (χ4n) is 3.78. The minimum atomic E-state index is -0.870. The topological polar surface area (TPSA) is 143 Å². The molecule has 0 aliphatic rings. The van der Waals surface area contributed by atoms with Crippen LogP contribution in [-0.4, -0.2) is 32.7 Å². The molecular formula is C29H26F2N4O6. The molecule has 0 radical (unpaired) electrons. The minimum absolute atomic E-state index is 0.0176. The van der Waals surface area contributed by atoms with Gasteiger partial charge in [-0.3, -0.25) is 14.9 Å². The molecular weight excluding hydrogens is 538 g/mol.